The average molecular weight is 499 g/mol. The molecule has 6 heteroatoms. The summed E-state index contributed by atoms with van der Waals surface area (Å²) in [5.74, 6) is 0. The first-order valence-electron chi connectivity index (χ1n) is 12.6. The molecule has 0 saturated carbocycles. The molecule has 0 bridgehead atoms. The van der Waals surface area contributed by atoms with Crippen LogP contribution in [0, 0.1) is 0 Å². The Labute approximate surface area is 232 Å². The van der Waals surface area contributed by atoms with Gasteiger partial charge in [0, 0.05) is 6.61 Å². The van der Waals surface area contributed by atoms with Crippen LogP contribution in [-0.4, -0.2) is 64.5 Å². The van der Waals surface area contributed by atoms with Crippen LogP contribution in [0.3, 0.4) is 0 Å². The van der Waals surface area contributed by atoms with Gasteiger partial charge in [-0.2, -0.15) is 8.42 Å². The minimum absolute atomic E-state index is 0. The third-order valence-corrected chi connectivity index (χ3v) is 6.61. The van der Waals surface area contributed by atoms with Crippen molar-refractivity contribution in [3.63, 3.8) is 0 Å². The Hall–Kier alpha value is 0.350. The molecule has 1 aromatic rings. The minimum atomic E-state index is -3.57. The van der Waals surface area contributed by atoms with Crippen molar-refractivity contribution in [3.8, 4) is 0 Å². The van der Waals surface area contributed by atoms with E-state index in [1.165, 1.54) is 83.5 Å². The molecule has 0 heterocycles. The van der Waals surface area contributed by atoms with Crippen molar-refractivity contribution in [2.24, 2.45) is 0 Å². The van der Waals surface area contributed by atoms with E-state index in [2.05, 4.69) is 13.8 Å². The SMILES string of the molecule is CCCCCCCCCCCCOS(=O)(=O)c1ccccc1.CCCCCCCCO.[Ca+2].[H-].[H-]. The molecular formula is C26H50CaO4S. The van der Waals surface area contributed by atoms with Gasteiger partial charge in [0.15, 0.2) is 0 Å². The van der Waals surface area contributed by atoms with Gasteiger partial charge in [-0.15, -0.1) is 0 Å². The van der Waals surface area contributed by atoms with E-state index in [-0.39, 0.29) is 52.1 Å². The maximum atomic E-state index is 11.9. The third-order valence-electron chi connectivity index (χ3n) is 5.28. The molecular weight excluding hydrogens is 448 g/mol. The van der Waals surface area contributed by atoms with E-state index in [0.717, 1.165) is 19.3 Å². The predicted octanol–water partition coefficient (Wildman–Crippen LogP) is 7.50. The quantitative estimate of drug-likeness (QED) is 0.122. The van der Waals surface area contributed by atoms with Crippen LogP contribution in [0.5, 0.6) is 0 Å². The number of aliphatic hydroxyl groups is 1. The smallest absolute Gasteiger partial charge is 1.00 e. The molecule has 0 aliphatic carbocycles. The summed E-state index contributed by atoms with van der Waals surface area (Å²) in [5, 5.41) is 8.42. The van der Waals surface area contributed by atoms with Gasteiger partial charge >= 0.3 is 37.7 Å². The summed E-state index contributed by atoms with van der Waals surface area (Å²) in [6.07, 6.45) is 19.8. The summed E-state index contributed by atoms with van der Waals surface area (Å²) in [6.45, 7) is 5.10. The van der Waals surface area contributed by atoms with Crippen LogP contribution < -0.4 is 0 Å². The molecule has 0 amide bonds. The Bertz CT molecular complexity index is 584. The maximum absolute atomic E-state index is 11.9. The van der Waals surface area contributed by atoms with Crippen LogP contribution in [-0.2, 0) is 14.3 Å². The van der Waals surface area contributed by atoms with Crippen LogP contribution in [0.25, 0.3) is 0 Å². The molecule has 1 N–H and O–H groups in total. The molecule has 0 unspecified atom stereocenters. The molecule has 0 saturated heterocycles. The third kappa shape index (κ3) is 22.2. The zero-order chi connectivity index (χ0) is 23.0. The number of hydrogen-bond acceptors (Lipinski definition) is 4. The molecule has 186 valence electrons. The second-order valence-electron chi connectivity index (χ2n) is 8.26. The van der Waals surface area contributed by atoms with Gasteiger partial charge in [-0.05, 0) is 25.0 Å². The first kappa shape index (κ1) is 34.5. The van der Waals surface area contributed by atoms with Crippen LogP contribution in [0.1, 0.15) is 119 Å². The largest absolute Gasteiger partial charge is 2.00 e. The summed E-state index contributed by atoms with van der Waals surface area (Å²) in [4.78, 5) is 0.238. The molecule has 0 fully saturated rings. The van der Waals surface area contributed by atoms with E-state index in [1.54, 1.807) is 30.3 Å². The van der Waals surface area contributed by atoms with Crippen LogP contribution in [0.2, 0.25) is 0 Å². The Morgan fingerprint density at radius 1 is 0.688 bits per heavy atom. The van der Waals surface area contributed by atoms with Crippen molar-refractivity contribution < 1.29 is 20.6 Å². The molecule has 0 aliphatic rings. The van der Waals surface area contributed by atoms with E-state index in [1.807, 2.05) is 0 Å². The van der Waals surface area contributed by atoms with Crippen LogP contribution in [0.4, 0.5) is 0 Å². The van der Waals surface area contributed by atoms with Crippen molar-refractivity contribution in [1.82, 2.24) is 0 Å². The van der Waals surface area contributed by atoms with Crippen LogP contribution in [0.15, 0.2) is 35.2 Å². The summed E-state index contributed by atoms with van der Waals surface area (Å²) >= 11 is 0. The standard InChI is InChI=1S/C18H30O3S.C8H18O.Ca.2H/c1-2-3-4-5-6-7-8-9-10-14-17-21-22(19,20)18-15-12-11-13-16-18;1-2-3-4-5-6-7-8-9;;;/h11-13,15-16H,2-10,14,17H2,1H3;9H,2-8H2,1H3;;;/q;;+2;2*-1. The van der Waals surface area contributed by atoms with E-state index >= 15 is 0 Å². The topological polar surface area (TPSA) is 63.6 Å². The van der Waals surface area contributed by atoms with E-state index in [9.17, 15) is 8.42 Å². The summed E-state index contributed by atoms with van der Waals surface area (Å²) in [6, 6.07) is 8.33. The van der Waals surface area contributed by atoms with Crippen molar-refractivity contribution >= 4 is 47.9 Å². The molecule has 0 atom stereocenters. The van der Waals surface area contributed by atoms with Gasteiger partial charge in [0.1, 0.15) is 0 Å². The first-order valence-corrected chi connectivity index (χ1v) is 14.0. The van der Waals surface area contributed by atoms with Gasteiger partial charge in [-0.25, -0.2) is 0 Å². The molecule has 4 nitrogen and oxygen atoms in total. The molecule has 1 rings (SSSR count). The zero-order valence-electron chi connectivity index (χ0n) is 22.9. The maximum Gasteiger partial charge on any atom is 2.00 e. The Morgan fingerprint density at radius 2 is 1.09 bits per heavy atom. The Morgan fingerprint density at radius 3 is 1.53 bits per heavy atom. The minimum Gasteiger partial charge on any atom is -1.00 e. The molecule has 1 aromatic carbocycles. The Kier molecular flexibility index (Phi) is 28.0. The summed E-state index contributed by atoms with van der Waals surface area (Å²) in [7, 11) is -3.57. The predicted molar refractivity (Wildman–Crippen MR) is 140 cm³/mol. The number of rotatable bonds is 19. The van der Waals surface area contributed by atoms with Crippen molar-refractivity contribution in [2.45, 2.75) is 121 Å². The van der Waals surface area contributed by atoms with Gasteiger partial charge < -0.3 is 7.96 Å². The fourth-order valence-electron chi connectivity index (χ4n) is 3.31. The van der Waals surface area contributed by atoms with Gasteiger partial charge in [-0.3, -0.25) is 4.18 Å². The summed E-state index contributed by atoms with van der Waals surface area (Å²) < 4.78 is 28.8. The van der Waals surface area contributed by atoms with E-state index in [0.29, 0.717) is 6.61 Å². The van der Waals surface area contributed by atoms with Crippen molar-refractivity contribution in [2.75, 3.05) is 13.2 Å². The first-order chi connectivity index (χ1) is 15.1. The molecule has 0 aromatic heterocycles. The zero-order valence-corrected chi connectivity index (χ0v) is 23.9. The number of unbranched alkanes of at least 4 members (excludes halogenated alkanes) is 14. The molecule has 0 spiro atoms. The molecule has 0 aliphatic heterocycles. The number of benzene rings is 1. The average Bonchev–Trinajstić information content (AvgIpc) is 2.78. The number of hydrogen-bond donors (Lipinski definition) is 1. The fourth-order valence-corrected chi connectivity index (χ4v) is 4.27. The second-order valence-corrected chi connectivity index (χ2v) is 9.88. The van der Waals surface area contributed by atoms with E-state index in [4.69, 9.17) is 9.29 Å². The van der Waals surface area contributed by atoms with E-state index < -0.39 is 10.1 Å². The summed E-state index contributed by atoms with van der Waals surface area (Å²) in [5.41, 5.74) is 0. The van der Waals surface area contributed by atoms with Gasteiger partial charge in [0.25, 0.3) is 10.1 Å². The monoisotopic (exact) mass is 498 g/mol. The number of aliphatic hydroxyl groups excluding tert-OH is 1. The van der Waals surface area contributed by atoms with Crippen LogP contribution >= 0.6 is 0 Å². The Balaban J connectivity index is -0.000000323. The molecule has 32 heavy (non-hydrogen) atoms. The second kappa shape index (κ2) is 26.0. The molecule has 0 radical (unpaired) electrons. The van der Waals surface area contributed by atoms with Crippen molar-refractivity contribution in [3.05, 3.63) is 30.3 Å². The van der Waals surface area contributed by atoms with Gasteiger partial charge in [0.2, 0.25) is 0 Å². The van der Waals surface area contributed by atoms with Gasteiger partial charge in [0.05, 0.1) is 11.5 Å². The fraction of sp³-hybridized carbons (Fsp3) is 0.769. The van der Waals surface area contributed by atoms with Gasteiger partial charge in [-0.1, -0.05) is 122 Å². The normalized spacial score (nSPS) is 10.8. The van der Waals surface area contributed by atoms with Crippen molar-refractivity contribution in [1.29, 1.82) is 0 Å².